The number of hydrogen-bond acceptors (Lipinski definition) is 2. The van der Waals surface area contributed by atoms with Crippen LogP contribution in [0.1, 0.15) is 26.2 Å². The van der Waals surface area contributed by atoms with Crippen molar-refractivity contribution >= 4 is 10.8 Å². The van der Waals surface area contributed by atoms with E-state index < -0.39 is 0 Å². The molecule has 0 aromatic heterocycles. The summed E-state index contributed by atoms with van der Waals surface area (Å²) in [5, 5.41) is 2.40. The van der Waals surface area contributed by atoms with E-state index in [9.17, 15) is 0 Å². The van der Waals surface area contributed by atoms with Crippen molar-refractivity contribution in [2.45, 2.75) is 38.4 Å². The molecule has 0 bridgehead atoms. The number of fused-ring (bicyclic) bond motifs is 1. The van der Waals surface area contributed by atoms with E-state index in [0.29, 0.717) is 5.92 Å². The fourth-order valence-electron chi connectivity index (χ4n) is 3.42. The zero-order valence-corrected chi connectivity index (χ0v) is 13.4. The van der Waals surface area contributed by atoms with E-state index in [4.69, 9.17) is 9.47 Å². The van der Waals surface area contributed by atoms with E-state index in [1.165, 1.54) is 17.2 Å². The molecule has 0 spiro atoms. The molecule has 0 saturated heterocycles. The van der Waals surface area contributed by atoms with Gasteiger partial charge in [-0.05, 0) is 43.6 Å². The second kappa shape index (κ2) is 6.97. The van der Waals surface area contributed by atoms with Crippen molar-refractivity contribution in [1.29, 1.82) is 0 Å². The predicted octanol–water partition coefficient (Wildman–Crippen LogP) is 4.98. The minimum Gasteiger partial charge on any atom is -0.487 e. The van der Waals surface area contributed by atoms with Crippen molar-refractivity contribution in [1.82, 2.24) is 0 Å². The molecule has 0 aliphatic heterocycles. The molecule has 2 nitrogen and oxygen atoms in total. The van der Waals surface area contributed by atoms with Gasteiger partial charge < -0.3 is 9.47 Å². The van der Waals surface area contributed by atoms with E-state index in [1.807, 2.05) is 0 Å². The minimum absolute atomic E-state index is 0.136. The van der Waals surface area contributed by atoms with Crippen LogP contribution < -0.4 is 4.74 Å². The Morgan fingerprint density at radius 1 is 1.00 bits per heavy atom. The molecule has 0 radical (unpaired) electrons. The third-order valence-corrected chi connectivity index (χ3v) is 4.57. The summed E-state index contributed by atoms with van der Waals surface area (Å²) >= 11 is 0. The zero-order chi connectivity index (χ0) is 15.4. The molecular formula is C20H24O2. The van der Waals surface area contributed by atoms with Gasteiger partial charge in [-0.15, -0.1) is 0 Å². The first kappa shape index (κ1) is 15.1. The van der Waals surface area contributed by atoms with Crippen LogP contribution in [0.4, 0.5) is 0 Å². The summed E-state index contributed by atoms with van der Waals surface area (Å²) in [6.07, 6.45) is 7.97. The van der Waals surface area contributed by atoms with Gasteiger partial charge in [0.1, 0.15) is 11.9 Å². The molecule has 1 aliphatic rings. The second-order valence-corrected chi connectivity index (χ2v) is 6.01. The molecule has 0 N–H and O–H groups in total. The molecule has 3 atom stereocenters. The highest BCUT2D eigenvalue weighted by Crippen LogP contribution is 2.33. The average molecular weight is 296 g/mol. The molecule has 2 heteroatoms. The number of benzene rings is 2. The van der Waals surface area contributed by atoms with Crippen LogP contribution in [0.5, 0.6) is 5.75 Å². The molecule has 3 rings (SSSR count). The van der Waals surface area contributed by atoms with Gasteiger partial charge in [0.05, 0.1) is 6.10 Å². The Morgan fingerprint density at radius 2 is 1.82 bits per heavy atom. The van der Waals surface area contributed by atoms with Gasteiger partial charge in [0.25, 0.3) is 0 Å². The van der Waals surface area contributed by atoms with Gasteiger partial charge >= 0.3 is 0 Å². The Labute approximate surface area is 132 Å². The SMILES string of the molecule is CC=CC1CCC(Oc2cccc3ccccc23)C(OC)C1. The van der Waals surface area contributed by atoms with Gasteiger partial charge in [0, 0.05) is 12.5 Å². The van der Waals surface area contributed by atoms with Gasteiger partial charge in [0.2, 0.25) is 0 Å². The molecule has 0 amide bonds. The van der Waals surface area contributed by atoms with Gasteiger partial charge in [-0.25, -0.2) is 0 Å². The van der Waals surface area contributed by atoms with Crippen LogP contribution in [-0.2, 0) is 4.74 Å². The van der Waals surface area contributed by atoms with E-state index in [1.54, 1.807) is 7.11 Å². The van der Waals surface area contributed by atoms with Crippen LogP contribution in [0.2, 0.25) is 0 Å². The maximum absolute atomic E-state index is 6.35. The number of hydrogen-bond donors (Lipinski definition) is 0. The molecular weight excluding hydrogens is 272 g/mol. The largest absolute Gasteiger partial charge is 0.487 e. The van der Waals surface area contributed by atoms with Gasteiger partial charge in [-0.3, -0.25) is 0 Å². The summed E-state index contributed by atoms with van der Waals surface area (Å²) in [4.78, 5) is 0. The van der Waals surface area contributed by atoms with E-state index >= 15 is 0 Å². The summed E-state index contributed by atoms with van der Waals surface area (Å²) in [6, 6.07) is 14.6. The predicted molar refractivity (Wildman–Crippen MR) is 91.3 cm³/mol. The maximum Gasteiger partial charge on any atom is 0.127 e. The van der Waals surface area contributed by atoms with E-state index in [-0.39, 0.29) is 12.2 Å². The second-order valence-electron chi connectivity index (χ2n) is 6.01. The van der Waals surface area contributed by atoms with Crippen LogP contribution in [-0.4, -0.2) is 19.3 Å². The normalized spacial score (nSPS) is 25.6. The molecule has 0 heterocycles. The van der Waals surface area contributed by atoms with Gasteiger partial charge in [-0.2, -0.15) is 0 Å². The summed E-state index contributed by atoms with van der Waals surface area (Å²) < 4.78 is 12.1. The molecule has 116 valence electrons. The average Bonchev–Trinajstić information content (AvgIpc) is 2.57. The first-order valence-electron chi connectivity index (χ1n) is 8.12. The fraction of sp³-hybridized carbons (Fsp3) is 0.400. The third-order valence-electron chi connectivity index (χ3n) is 4.57. The molecule has 2 aromatic carbocycles. The molecule has 3 unspecified atom stereocenters. The summed E-state index contributed by atoms with van der Waals surface area (Å²) in [7, 11) is 1.79. The minimum atomic E-state index is 0.136. The summed E-state index contributed by atoms with van der Waals surface area (Å²) in [5.74, 6) is 1.58. The number of ether oxygens (including phenoxy) is 2. The van der Waals surface area contributed by atoms with E-state index in [0.717, 1.165) is 18.6 Å². The maximum atomic E-state index is 6.35. The van der Waals surface area contributed by atoms with Crippen LogP contribution in [0, 0.1) is 5.92 Å². The van der Waals surface area contributed by atoms with Crippen molar-refractivity contribution in [3.8, 4) is 5.75 Å². The van der Waals surface area contributed by atoms with Crippen LogP contribution in [0.15, 0.2) is 54.6 Å². The third kappa shape index (κ3) is 3.17. The van der Waals surface area contributed by atoms with Crippen molar-refractivity contribution in [3.63, 3.8) is 0 Å². The van der Waals surface area contributed by atoms with Gasteiger partial charge in [-0.1, -0.05) is 48.6 Å². The standard InChI is InChI=1S/C20H24O2/c1-3-7-15-12-13-19(20(14-15)21-2)22-18-11-6-9-16-8-4-5-10-17(16)18/h3-11,15,19-20H,12-14H2,1-2H3. The first-order chi connectivity index (χ1) is 10.8. The lowest BCUT2D eigenvalue weighted by atomic mass is 9.85. The van der Waals surface area contributed by atoms with Crippen molar-refractivity contribution in [3.05, 3.63) is 54.6 Å². The smallest absolute Gasteiger partial charge is 0.127 e. The monoisotopic (exact) mass is 296 g/mol. The van der Waals surface area contributed by atoms with E-state index in [2.05, 4.69) is 61.5 Å². The molecule has 1 aliphatic carbocycles. The quantitative estimate of drug-likeness (QED) is 0.741. The van der Waals surface area contributed by atoms with Crippen molar-refractivity contribution in [2.24, 2.45) is 5.92 Å². The number of methoxy groups -OCH3 is 1. The Kier molecular flexibility index (Phi) is 4.79. The zero-order valence-electron chi connectivity index (χ0n) is 13.4. The Morgan fingerprint density at radius 3 is 2.64 bits per heavy atom. The molecule has 1 fully saturated rings. The van der Waals surface area contributed by atoms with Crippen molar-refractivity contribution < 1.29 is 9.47 Å². The Balaban J connectivity index is 1.79. The van der Waals surface area contributed by atoms with Crippen molar-refractivity contribution in [2.75, 3.05) is 7.11 Å². The Hall–Kier alpha value is -1.80. The lowest BCUT2D eigenvalue weighted by Crippen LogP contribution is -2.39. The molecule has 1 saturated carbocycles. The lowest BCUT2D eigenvalue weighted by Gasteiger charge is -2.34. The fourth-order valence-corrected chi connectivity index (χ4v) is 3.42. The van der Waals surface area contributed by atoms with Crippen LogP contribution in [0.3, 0.4) is 0 Å². The number of rotatable bonds is 4. The Bertz CT molecular complexity index is 642. The molecule has 22 heavy (non-hydrogen) atoms. The molecule has 2 aromatic rings. The summed E-state index contributed by atoms with van der Waals surface area (Å²) in [5.41, 5.74) is 0. The number of allylic oxidation sites excluding steroid dienone is 2. The first-order valence-corrected chi connectivity index (χ1v) is 8.12. The highest BCUT2D eigenvalue weighted by atomic mass is 16.5. The van der Waals surface area contributed by atoms with Crippen LogP contribution >= 0.6 is 0 Å². The van der Waals surface area contributed by atoms with Gasteiger partial charge in [0.15, 0.2) is 0 Å². The lowest BCUT2D eigenvalue weighted by molar-refractivity contribution is -0.0317. The highest BCUT2D eigenvalue weighted by Gasteiger charge is 2.31. The summed E-state index contributed by atoms with van der Waals surface area (Å²) in [6.45, 7) is 2.08. The highest BCUT2D eigenvalue weighted by molar-refractivity contribution is 5.88. The topological polar surface area (TPSA) is 18.5 Å². The van der Waals surface area contributed by atoms with Crippen LogP contribution in [0.25, 0.3) is 10.8 Å².